The number of aromatic nitrogens is 4. The van der Waals surface area contributed by atoms with Crippen molar-refractivity contribution in [1.82, 2.24) is 19.9 Å². The number of anilines is 2. The van der Waals surface area contributed by atoms with Gasteiger partial charge >= 0.3 is 11.4 Å². The van der Waals surface area contributed by atoms with Gasteiger partial charge in [-0.1, -0.05) is 0 Å². The maximum absolute atomic E-state index is 10.4. The van der Waals surface area contributed by atoms with Gasteiger partial charge in [-0.2, -0.15) is 0 Å². The van der Waals surface area contributed by atoms with Crippen molar-refractivity contribution in [3.05, 3.63) is 44.5 Å². The first kappa shape index (κ1) is 13.4. The minimum atomic E-state index is -0.405. The lowest BCUT2D eigenvalue weighted by atomic mass is 10.4. The number of nitrogens with one attached hydrogen (secondary N) is 2. The Morgan fingerprint density at radius 2 is 1.22 bits per heavy atom. The van der Waals surface area contributed by atoms with Crippen LogP contribution >= 0.6 is 0 Å². The number of nitrogens with zero attached hydrogens (tertiary/aromatic N) is 2. The van der Waals surface area contributed by atoms with Crippen molar-refractivity contribution in [2.24, 2.45) is 0 Å². The number of nitrogens with two attached hydrogens (primary N) is 2. The average molecular weight is 250 g/mol. The summed E-state index contributed by atoms with van der Waals surface area (Å²) in [5.74, 6) is 0.769. The Morgan fingerprint density at radius 1 is 0.889 bits per heavy atom. The highest BCUT2D eigenvalue weighted by atomic mass is 16.1. The van der Waals surface area contributed by atoms with Crippen LogP contribution < -0.4 is 22.8 Å². The normalized spacial score (nSPS) is 9.44. The molecule has 0 aliphatic heterocycles. The summed E-state index contributed by atoms with van der Waals surface area (Å²) in [5, 5.41) is 0. The number of H-pyrrole nitrogens is 2. The van der Waals surface area contributed by atoms with Crippen molar-refractivity contribution in [2.75, 3.05) is 11.5 Å². The smallest absolute Gasteiger partial charge is 0.346 e. The third-order valence-electron chi connectivity index (χ3n) is 2.08. The van der Waals surface area contributed by atoms with E-state index in [0.717, 1.165) is 11.1 Å². The van der Waals surface area contributed by atoms with E-state index in [1.165, 1.54) is 12.4 Å². The number of nitrogen functional groups attached to an aromatic ring is 2. The molecular weight excluding hydrogens is 236 g/mol. The van der Waals surface area contributed by atoms with Gasteiger partial charge in [-0.05, 0) is 13.8 Å². The SMILES string of the molecule is Cc1cnc(=O)[nH]c1N.Cc1cnc(=O)[nH]c1N. The summed E-state index contributed by atoms with van der Waals surface area (Å²) in [7, 11) is 0. The van der Waals surface area contributed by atoms with Crippen LogP contribution in [0.4, 0.5) is 11.6 Å². The van der Waals surface area contributed by atoms with Gasteiger partial charge in [0.15, 0.2) is 0 Å². The molecule has 96 valence electrons. The minimum absolute atomic E-state index is 0.384. The molecule has 2 aromatic heterocycles. The summed E-state index contributed by atoms with van der Waals surface area (Å²) in [6.45, 7) is 3.55. The van der Waals surface area contributed by atoms with Crippen LogP contribution in [0.3, 0.4) is 0 Å². The summed E-state index contributed by atoms with van der Waals surface area (Å²) in [6, 6.07) is 0. The van der Waals surface area contributed by atoms with Crippen molar-refractivity contribution in [3.8, 4) is 0 Å². The van der Waals surface area contributed by atoms with Crippen LogP contribution in [0.1, 0.15) is 11.1 Å². The lowest BCUT2D eigenvalue weighted by Gasteiger charge is -1.93. The zero-order valence-electron chi connectivity index (χ0n) is 10.0. The summed E-state index contributed by atoms with van der Waals surface area (Å²) < 4.78 is 0. The van der Waals surface area contributed by atoms with Crippen LogP contribution in [0.2, 0.25) is 0 Å². The molecule has 0 atom stereocenters. The molecule has 0 aliphatic rings. The van der Waals surface area contributed by atoms with Gasteiger partial charge in [0.25, 0.3) is 0 Å². The average Bonchev–Trinajstić information content (AvgIpc) is 2.30. The molecule has 0 spiro atoms. The molecule has 0 saturated heterocycles. The number of hydrogen-bond acceptors (Lipinski definition) is 6. The number of hydrogen-bond donors (Lipinski definition) is 4. The topological polar surface area (TPSA) is 144 Å². The lowest BCUT2D eigenvalue weighted by molar-refractivity contribution is 1.06. The first-order chi connectivity index (χ1) is 8.40. The van der Waals surface area contributed by atoms with Crippen LogP contribution in [0.25, 0.3) is 0 Å². The first-order valence-electron chi connectivity index (χ1n) is 5.03. The third kappa shape index (κ3) is 3.74. The molecule has 18 heavy (non-hydrogen) atoms. The Labute approximate surface area is 102 Å². The molecular formula is C10H14N6O2. The number of aryl methyl sites for hydroxylation is 2. The van der Waals surface area contributed by atoms with Gasteiger partial charge in [-0.15, -0.1) is 0 Å². The molecule has 2 heterocycles. The fourth-order valence-corrected chi connectivity index (χ4v) is 0.942. The summed E-state index contributed by atoms with van der Waals surface area (Å²) >= 11 is 0. The van der Waals surface area contributed by atoms with Crippen molar-refractivity contribution in [1.29, 1.82) is 0 Å². The standard InChI is InChI=1S/2C5H7N3O/c2*1-3-2-7-5(9)8-4(3)6/h2*2H,1H3,(H3,6,7,8,9). The van der Waals surface area contributed by atoms with E-state index in [9.17, 15) is 9.59 Å². The largest absolute Gasteiger partial charge is 0.385 e. The third-order valence-corrected chi connectivity index (χ3v) is 2.08. The van der Waals surface area contributed by atoms with Gasteiger partial charge in [0.1, 0.15) is 11.6 Å². The molecule has 8 heteroatoms. The molecule has 0 fully saturated rings. The number of aromatic amines is 2. The molecule has 8 nitrogen and oxygen atoms in total. The van der Waals surface area contributed by atoms with Crippen LogP contribution in [0.15, 0.2) is 22.0 Å². The molecule has 2 aromatic rings. The van der Waals surface area contributed by atoms with E-state index in [-0.39, 0.29) is 0 Å². The van der Waals surface area contributed by atoms with E-state index in [2.05, 4.69) is 19.9 Å². The Balaban J connectivity index is 0.000000180. The molecule has 0 saturated carbocycles. The van der Waals surface area contributed by atoms with E-state index in [1.54, 1.807) is 13.8 Å². The molecule has 0 bridgehead atoms. The second-order valence-electron chi connectivity index (χ2n) is 3.57. The van der Waals surface area contributed by atoms with Crippen molar-refractivity contribution in [3.63, 3.8) is 0 Å². The monoisotopic (exact) mass is 250 g/mol. The second-order valence-corrected chi connectivity index (χ2v) is 3.57. The zero-order chi connectivity index (χ0) is 13.7. The zero-order valence-corrected chi connectivity index (χ0v) is 10.0. The predicted octanol–water partition coefficient (Wildman–Crippen LogP) is -0.679. The molecule has 2 rings (SSSR count). The molecule has 0 aliphatic carbocycles. The quantitative estimate of drug-likeness (QED) is 0.487. The van der Waals surface area contributed by atoms with Crippen LogP contribution in [0, 0.1) is 13.8 Å². The van der Waals surface area contributed by atoms with Gasteiger partial charge in [0.05, 0.1) is 0 Å². The number of rotatable bonds is 0. The maximum Gasteiger partial charge on any atom is 0.346 e. The molecule has 0 aromatic carbocycles. The molecule has 0 unspecified atom stereocenters. The van der Waals surface area contributed by atoms with Gasteiger partial charge in [-0.3, -0.25) is 9.97 Å². The van der Waals surface area contributed by atoms with Gasteiger partial charge in [0, 0.05) is 23.5 Å². The highest BCUT2D eigenvalue weighted by Crippen LogP contribution is 1.98. The highest BCUT2D eigenvalue weighted by Gasteiger charge is 1.91. The first-order valence-corrected chi connectivity index (χ1v) is 5.03. The van der Waals surface area contributed by atoms with Gasteiger partial charge in [0.2, 0.25) is 0 Å². The predicted molar refractivity (Wildman–Crippen MR) is 68.0 cm³/mol. The van der Waals surface area contributed by atoms with E-state index in [4.69, 9.17) is 11.5 Å². The van der Waals surface area contributed by atoms with Crippen LogP contribution in [-0.4, -0.2) is 19.9 Å². The van der Waals surface area contributed by atoms with Crippen molar-refractivity contribution < 1.29 is 0 Å². The van der Waals surface area contributed by atoms with E-state index < -0.39 is 11.4 Å². The Hall–Kier alpha value is -2.64. The maximum atomic E-state index is 10.4. The van der Waals surface area contributed by atoms with E-state index in [0.29, 0.717) is 11.6 Å². The van der Waals surface area contributed by atoms with Gasteiger partial charge in [-0.25, -0.2) is 19.6 Å². The second kappa shape index (κ2) is 5.62. The Morgan fingerprint density at radius 3 is 1.44 bits per heavy atom. The fourth-order valence-electron chi connectivity index (χ4n) is 0.942. The highest BCUT2D eigenvalue weighted by molar-refractivity contribution is 5.34. The summed E-state index contributed by atoms with van der Waals surface area (Å²) in [6.07, 6.45) is 2.88. The molecule has 0 amide bonds. The van der Waals surface area contributed by atoms with Crippen LogP contribution in [-0.2, 0) is 0 Å². The van der Waals surface area contributed by atoms with Crippen molar-refractivity contribution >= 4 is 11.6 Å². The van der Waals surface area contributed by atoms with E-state index in [1.807, 2.05) is 0 Å². The lowest BCUT2D eigenvalue weighted by Crippen LogP contribution is -2.12. The summed E-state index contributed by atoms with van der Waals surface area (Å²) in [5.41, 5.74) is 11.4. The van der Waals surface area contributed by atoms with Crippen LogP contribution in [0.5, 0.6) is 0 Å². The van der Waals surface area contributed by atoms with Gasteiger partial charge < -0.3 is 11.5 Å². The molecule has 6 N–H and O–H groups in total. The summed E-state index contributed by atoms with van der Waals surface area (Å²) in [4.78, 5) is 32.4. The Bertz CT molecular complexity index is 588. The molecule has 0 radical (unpaired) electrons. The fraction of sp³-hybridized carbons (Fsp3) is 0.200. The van der Waals surface area contributed by atoms with Crippen molar-refractivity contribution in [2.45, 2.75) is 13.8 Å². The van der Waals surface area contributed by atoms with E-state index >= 15 is 0 Å². The minimum Gasteiger partial charge on any atom is -0.385 e. The Kier molecular flexibility index (Phi) is 4.19.